The Balaban J connectivity index is 1.86. The van der Waals surface area contributed by atoms with Gasteiger partial charge in [-0.3, -0.25) is 14.3 Å². The maximum Gasteiger partial charge on any atom is 0.218 e. The number of benzene rings is 3. The van der Waals surface area contributed by atoms with Gasteiger partial charge in [-0.05, 0) is 36.4 Å². The number of fused-ring (bicyclic) bond motifs is 1. The lowest BCUT2D eigenvalue weighted by Crippen LogP contribution is -2.16. The lowest BCUT2D eigenvalue weighted by molar-refractivity contribution is -0.106. The number of rotatable bonds is 6. The summed E-state index contributed by atoms with van der Waals surface area (Å²) in [5.41, 5.74) is 4.10. The fourth-order valence-electron chi connectivity index (χ4n) is 3.25. The van der Waals surface area contributed by atoms with Crippen molar-refractivity contribution in [3.63, 3.8) is 0 Å². The smallest absolute Gasteiger partial charge is 0.218 e. The first-order valence-electron chi connectivity index (χ1n) is 8.75. The van der Waals surface area contributed by atoms with Crippen LogP contribution in [0.3, 0.4) is 0 Å². The summed E-state index contributed by atoms with van der Waals surface area (Å²) < 4.78 is 12.7. The standard InChI is InChI=1S/C22H19N3O3/c1-27-21-12-11-16(13-22(21)28-2)25(15-26)20-10-6-5-9-19(20)24-14-23-17-7-3-4-8-18(17)24/h3-15H,1-2H3. The van der Waals surface area contributed by atoms with E-state index in [1.807, 2.05) is 59.2 Å². The molecule has 1 amide bonds. The zero-order chi connectivity index (χ0) is 19.5. The Morgan fingerprint density at radius 2 is 1.68 bits per heavy atom. The van der Waals surface area contributed by atoms with E-state index >= 15 is 0 Å². The molecule has 140 valence electrons. The van der Waals surface area contributed by atoms with E-state index in [9.17, 15) is 4.79 Å². The summed E-state index contributed by atoms with van der Waals surface area (Å²) in [6.45, 7) is 0. The van der Waals surface area contributed by atoms with Crippen LogP contribution in [0, 0.1) is 0 Å². The van der Waals surface area contributed by atoms with Gasteiger partial charge < -0.3 is 9.47 Å². The molecule has 0 aliphatic rings. The summed E-state index contributed by atoms with van der Waals surface area (Å²) in [6.07, 6.45) is 2.56. The Labute approximate surface area is 162 Å². The lowest BCUT2D eigenvalue weighted by Gasteiger charge is -2.22. The molecule has 0 N–H and O–H groups in total. The minimum absolute atomic E-state index is 0.553. The van der Waals surface area contributed by atoms with Crippen LogP contribution in [0.5, 0.6) is 11.5 Å². The number of hydrogen-bond donors (Lipinski definition) is 0. The normalized spacial score (nSPS) is 10.6. The molecule has 0 unspecified atom stereocenters. The summed E-state index contributed by atoms with van der Waals surface area (Å²) in [4.78, 5) is 18.1. The first-order chi connectivity index (χ1) is 13.8. The zero-order valence-electron chi connectivity index (χ0n) is 15.6. The van der Waals surface area contributed by atoms with Gasteiger partial charge in [-0.15, -0.1) is 0 Å². The number of imidazole rings is 1. The molecule has 0 fully saturated rings. The van der Waals surface area contributed by atoms with E-state index in [2.05, 4.69) is 4.98 Å². The molecule has 0 saturated heterocycles. The lowest BCUT2D eigenvalue weighted by atomic mass is 10.2. The number of carbonyl (C=O) groups excluding carboxylic acids is 1. The number of methoxy groups -OCH3 is 2. The number of carbonyl (C=O) groups is 1. The number of anilines is 2. The van der Waals surface area contributed by atoms with Crippen molar-refractivity contribution in [1.29, 1.82) is 0 Å². The van der Waals surface area contributed by atoms with Gasteiger partial charge >= 0.3 is 0 Å². The minimum Gasteiger partial charge on any atom is -0.493 e. The van der Waals surface area contributed by atoms with Gasteiger partial charge in [-0.25, -0.2) is 4.98 Å². The van der Waals surface area contributed by atoms with Crippen molar-refractivity contribution in [3.05, 3.63) is 73.1 Å². The summed E-state index contributed by atoms with van der Waals surface area (Å²) in [7, 11) is 3.15. The Morgan fingerprint density at radius 3 is 2.46 bits per heavy atom. The van der Waals surface area contributed by atoms with E-state index in [0.29, 0.717) is 17.2 Å². The predicted octanol–water partition coefficient (Wildman–Crippen LogP) is 4.34. The van der Waals surface area contributed by atoms with Gasteiger partial charge in [0.25, 0.3) is 0 Å². The second-order valence-electron chi connectivity index (χ2n) is 6.11. The van der Waals surface area contributed by atoms with Gasteiger partial charge in [0.2, 0.25) is 6.41 Å². The number of para-hydroxylation sites is 4. The fourth-order valence-corrected chi connectivity index (χ4v) is 3.25. The molecule has 0 spiro atoms. The molecule has 1 heterocycles. The number of aromatic nitrogens is 2. The second-order valence-corrected chi connectivity index (χ2v) is 6.11. The molecule has 6 nitrogen and oxygen atoms in total. The van der Waals surface area contributed by atoms with Crippen molar-refractivity contribution in [2.75, 3.05) is 19.1 Å². The van der Waals surface area contributed by atoms with E-state index in [1.54, 1.807) is 37.6 Å². The van der Waals surface area contributed by atoms with Crippen LogP contribution >= 0.6 is 0 Å². The Kier molecular flexibility index (Phi) is 4.68. The molecular formula is C22H19N3O3. The first-order valence-corrected chi connectivity index (χ1v) is 8.75. The molecule has 0 saturated carbocycles. The van der Waals surface area contributed by atoms with Crippen molar-refractivity contribution in [1.82, 2.24) is 9.55 Å². The number of nitrogens with zero attached hydrogens (tertiary/aromatic N) is 3. The van der Waals surface area contributed by atoms with Gasteiger partial charge in [-0.2, -0.15) is 0 Å². The van der Waals surface area contributed by atoms with Crippen LogP contribution in [-0.2, 0) is 4.79 Å². The van der Waals surface area contributed by atoms with Crippen molar-refractivity contribution in [3.8, 4) is 17.2 Å². The van der Waals surface area contributed by atoms with E-state index in [0.717, 1.165) is 28.8 Å². The Hall–Kier alpha value is -3.80. The number of hydrogen-bond acceptors (Lipinski definition) is 4. The highest BCUT2D eigenvalue weighted by Crippen LogP contribution is 2.36. The molecular weight excluding hydrogens is 354 g/mol. The first kappa shape index (κ1) is 17.6. The maximum absolute atomic E-state index is 12.1. The zero-order valence-corrected chi connectivity index (χ0v) is 15.6. The largest absolute Gasteiger partial charge is 0.493 e. The molecule has 0 radical (unpaired) electrons. The average Bonchev–Trinajstić information content (AvgIpc) is 3.18. The Morgan fingerprint density at radius 1 is 0.929 bits per heavy atom. The third-order valence-electron chi connectivity index (χ3n) is 4.61. The van der Waals surface area contributed by atoms with Crippen molar-refractivity contribution in [2.45, 2.75) is 0 Å². The summed E-state index contributed by atoms with van der Waals surface area (Å²) in [6, 6.07) is 20.9. The number of amides is 1. The monoisotopic (exact) mass is 373 g/mol. The molecule has 0 bridgehead atoms. The quantitative estimate of drug-likeness (QED) is 0.472. The van der Waals surface area contributed by atoms with E-state index in [-0.39, 0.29) is 0 Å². The van der Waals surface area contributed by atoms with Crippen LogP contribution in [0.4, 0.5) is 11.4 Å². The van der Waals surface area contributed by atoms with Crippen molar-refractivity contribution >= 4 is 28.8 Å². The van der Waals surface area contributed by atoms with Crippen LogP contribution in [0.25, 0.3) is 16.7 Å². The van der Waals surface area contributed by atoms with Crippen LogP contribution < -0.4 is 14.4 Å². The van der Waals surface area contributed by atoms with Crippen LogP contribution in [0.2, 0.25) is 0 Å². The highest BCUT2D eigenvalue weighted by molar-refractivity contribution is 5.91. The van der Waals surface area contributed by atoms with Crippen LogP contribution in [0.15, 0.2) is 73.1 Å². The van der Waals surface area contributed by atoms with Crippen molar-refractivity contribution < 1.29 is 14.3 Å². The maximum atomic E-state index is 12.1. The predicted molar refractivity (Wildman–Crippen MR) is 109 cm³/mol. The van der Waals surface area contributed by atoms with Crippen molar-refractivity contribution in [2.24, 2.45) is 0 Å². The van der Waals surface area contributed by atoms with Gasteiger partial charge in [0.05, 0.1) is 42.3 Å². The van der Waals surface area contributed by atoms with Gasteiger partial charge in [0.1, 0.15) is 6.33 Å². The fraction of sp³-hybridized carbons (Fsp3) is 0.0909. The van der Waals surface area contributed by atoms with E-state index < -0.39 is 0 Å². The average molecular weight is 373 g/mol. The number of ether oxygens (including phenoxy) is 2. The highest BCUT2D eigenvalue weighted by atomic mass is 16.5. The summed E-state index contributed by atoms with van der Waals surface area (Å²) in [5.74, 6) is 1.16. The third-order valence-corrected chi connectivity index (χ3v) is 4.61. The molecule has 0 atom stereocenters. The van der Waals surface area contributed by atoms with Gasteiger partial charge in [0.15, 0.2) is 11.5 Å². The molecule has 4 aromatic rings. The summed E-state index contributed by atoms with van der Waals surface area (Å²) >= 11 is 0. The van der Waals surface area contributed by atoms with Crippen LogP contribution in [-0.4, -0.2) is 30.2 Å². The molecule has 6 heteroatoms. The Bertz CT molecular complexity index is 1140. The topological polar surface area (TPSA) is 56.6 Å². The minimum atomic E-state index is 0.553. The second kappa shape index (κ2) is 7.44. The van der Waals surface area contributed by atoms with E-state index in [1.165, 1.54) is 0 Å². The molecule has 28 heavy (non-hydrogen) atoms. The van der Waals surface area contributed by atoms with Gasteiger partial charge in [0, 0.05) is 6.07 Å². The molecule has 0 aliphatic heterocycles. The van der Waals surface area contributed by atoms with Gasteiger partial charge in [-0.1, -0.05) is 24.3 Å². The van der Waals surface area contributed by atoms with Crippen LogP contribution in [0.1, 0.15) is 0 Å². The molecule has 1 aromatic heterocycles. The van der Waals surface area contributed by atoms with E-state index in [4.69, 9.17) is 9.47 Å². The summed E-state index contributed by atoms with van der Waals surface area (Å²) in [5, 5.41) is 0. The SMILES string of the molecule is COc1ccc(N(C=O)c2ccccc2-n2cnc3ccccc32)cc1OC. The molecule has 4 rings (SSSR count). The highest BCUT2D eigenvalue weighted by Gasteiger charge is 2.17. The molecule has 3 aromatic carbocycles. The molecule has 0 aliphatic carbocycles. The third kappa shape index (κ3) is 2.95.